The van der Waals surface area contributed by atoms with E-state index in [-0.39, 0.29) is 5.28 Å². The molecule has 1 aromatic heterocycles. The van der Waals surface area contributed by atoms with Crippen LogP contribution in [-0.4, -0.2) is 15.0 Å². The van der Waals surface area contributed by atoms with Crippen LogP contribution in [0.25, 0.3) is 78.4 Å². The van der Waals surface area contributed by atoms with E-state index in [2.05, 4.69) is 156 Å². The third-order valence-corrected chi connectivity index (χ3v) is 8.84. The summed E-state index contributed by atoms with van der Waals surface area (Å²) in [6.45, 7) is 0. The Morgan fingerprint density at radius 3 is 1.16 bits per heavy atom. The van der Waals surface area contributed by atoms with Crippen LogP contribution in [-0.2, 0) is 0 Å². The Hall–Kier alpha value is -6.16. The number of nitrogens with zero attached hydrogens (tertiary/aromatic N) is 3. The smallest absolute Gasteiger partial charge is 0.208 e. The summed E-state index contributed by atoms with van der Waals surface area (Å²) in [5.41, 5.74) is 13.1. The first-order valence-corrected chi connectivity index (χ1v) is 16.6. The fourth-order valence-electron chi connectivity index (χ4n) is 6.48. The highest BCUT2D eigenvalue weighted by Gasteiger charge is 2.24. The summed E-state index contributed by atoms with van der Waals surface area (Å²) in [7, 11) is 0. The zero-order valence-corrected chi connectivity index (χ0v) is 27.3. The van der Waals surface area contributed by atoms with Crippen LogP contribution < -0.4 is 0 Å². The topological polar surface area (TPSA) is 38.7 Å². The summed E-state index contributed by atoms with van der Waals surface area (Å²) in [6, 6.07) is 63.4. The first-order chi connectivity index (χ1) is 24.2. The fourth-order valence-corrected chi connectivity index (χ4v) is 6.64. The molecule has 0 atom stereocenters. The van der Waals surface area contributed by atoms with E-state index in [1.807, 2.05) is 36.4 Å². The molecular weight excluding hydrogens is 618 g/mol. The van der Waals surface area contributed by atoms with Gasteiger partial charge in [0.15, 0.2) is 11.6 Å². The number of aromatic nitrogens is 3. The average Bonchev–Trinajstić information content (AvgIpc) is 3.18. The molecule has 8 aromatic rings. The van der Waals surface area contributed by atoms with Gasteiger partial charge in [0.2, 0.25) is 5.28 Å². The average molecular weight is 648 g/mol. The molecule has 0 bridgehead atoms. The quantitative estimate of drug-likeness (QED) is 0.173. The van der Waals surface area contributed by atoms with Gasteiger partial charge in [-0.25, -0.2) is 4.98 Å². The Labute approximate surface area is 291 Å². The Balaban J connectivity index is 1.45. The van der Waals surface area contributed by atoms with Gasteiger partial charge in [-0.05, 0) is 79.4 Å². The van der Waals surface area contributed by atoms with Crippen molar-refractivity contribution in [3.8, 4) is 78.4 Å². The van der Waals surface area contributed by atoms with Crippen LogP contribution in [0.5, 0.6) is 0 Å². The van der Waals surface area contributed by atoms with Crippen molar-refractivity contribution in [2.45, 2.75) is 0 Å². The predicted octanol–water partition coefficient (Wildman–Crippen LogP) is 12.2. The van der Waals surface area contributed by atoms with Gasteiger partial charge < -0.3 is 0 Å². The van der Waals surface area contributed by atoms with Crippen LogP contribution in [0.4, 0.5) is 0 Å². The van der Waals surface area contributed by atoms with Gasteiger partial charge in [0.25, 0.3) is 0 Å². The summed E-state index contributed by atoms with van der Waals surface area (Å²) < 4.78 is 0. The highest BCUT2D eigenvalue weighted by Crippen LogP contribution is 2.50. The molecule has 7 aromatic carbocycles. The Bertz CT molecular complexity index is 2360. The van der Waals surface area contributed by atoms with Gasteiger partial charge in [0, 0.05) is 11.1 Å². The minimum Gasteiger partial charge on any atom is -0.208 e. The number of rotatable bonds is 7. The van der Waals surface area contributed by atoms with E-state index < -0.39 is 0 Å². The Morgan fingerprint density at radius 1 is 0.286 bits per heavy atom. The van der Waals surface area contributed by atoms with E-state index in [1.54, 1.807) is 0 Å². The number of halogens is 1. The summed E-state index contributed by atoms with van der Waals surface area (Å²) >= 11 is 6.50. The molecule has 0 aliphatic carbocycles. The Kier molecular flexibility index (Phi) is 8.33. The standard InChI is InChI=1S/C45H30ClN3/c46-45-48-43(35-25-14-5-15-26-35)47-44(49-45)37-28-16-27-36(29-37)39-30-38(31-17-6-1-7-18-31)40(32-19-8-2-9-20-32)42(34-23-12-4-13-24-34)41(39)33-21-10-3-11-22-33/h1-30H. The van der Waals surface area contributed by atoms with Crippen molar-refractivity contribution in [1.82, 2.24) is 15.0 Å². The van der Waals surface area contributed by atoms with Gasteiger partial charge in [-0.2, -0.15) is 9.97 Å². The summed E-state index contributed by atoms with van der Waals surface area (Å²) in [5, 5.41) is 0.157. The molecule has 0 saturated heterocycles. The van der Waals surface area contributed by atoms with Gasteiger partial charge >= 0.3 is 0 Å². The molecule has 0 N–H and O–H groups in total. The lowest BCUT2D eigenvalue weighted by molar-refractivity contribution is 1.07. The second kappa shape index (κ2) is 13.5. The summed E-state index contributed by atoms with van der Waals surface area (Å²) in [4.78, 5) is 13.9. The number of benzene rings is 7. The molecule has 0 amide bonds. The molecule has 0 radical (unpaired) electrons. The van der Waals surface area contributed by atoms with Gasteiger partial charge in [-0.15, -0.1) is 0 Å². The van der Waals surface area contributed by atoms with Gasteiger partial charge in [-0.1, -0.05) is 170 Å². The van der Waals surface area contributed by atoms with Crippen molar-refractivity contribution in [1.29, 1.82) is 0 Å². The SMILES string of the molecule is Clc1nc(-c2ccccc2)nc(-c2cccc(-c3cc(-c4ccccc4)c(-c4ccccc4)c(-c4ccccc4)c3-c3ccccc3)c2)n1. The fraction of sp³-hybridized carbons (Fsp3) is 0. The molecule has 0 unspecified atom stereocenters. The molecule has 0 spiro atoms. The van der Waals surface area contributed by atoms with Crippen LogP contribution >= 0.6 is 11.6 Å². The predicted molar refractivity (Wildman–Crippen MR) is 203 cm³/mol. The molecule has 1 heterocycles. The van der Waals surface area contributed by atoms with Gasteiger partial charge in [0.05, 0.1) is 0 Å². The molecule has 232 valence electrons. The van der Waals surface area contributed by atoms with Crippen molar-refractivity contribution in [3.05, 3.63) is 187 Å². The van der Waals surface area contributed by atoms with Crippen LogP contribution in [0.15, 0.2) is 182 Å². The normalized spacial score (nSPS) is 11.0. The van der Waals surface area contributed by atoms with E-state index in [1.165, 1.54) is 11.1 Å². The van der Waals surface area contributed by atoms with Crippen molar-refractivity contribution < 1.29 is 0 Å². The van der Waals surface area contributed by atoms with Crippen molar-refractivity contribution in [2.24, 2.45) is 0 Å². The van der Waals surface area contributed by atoms with Crippen LogP contribution in [0.1, 0.15) is 0 Å². The molecule has 8 rings (SSSR count). The van der Waals surface area contributed by atoms with E-state index in [4.69, 9.17) is 16.6 Å². The van der Waals surface area contributed by atoms with E-state index in [0.29, 0.717) is 11.6 Å². The lowest BCUT2D eigenvalue weighted by Crippen LogP contribution is -1.99. The van der Waals surface area contributed by atoms with Crippen molar-refractivity contribution in [3.63, 3.8) is 0 Å². The van der Waals surface area contributed by atoms with E-state index >= 15 is 0 Å². The number of hydrogen-bond donors (Lipinski definition) is 0. The third kappa shape index (κ3) is 6.16. The maximum Gasteiger partial charge on any atom is 0.226 e. The van der Waals surface area contributed by atoms with Gasteiger partial charge in [-0.3, -0.25) is 0 Å². The minimum atomic E-state index is 0.157. The number of hydrogen-bond acceptors (Lipinski definition) is 3. The van der Waals surface area contributed by atoms with Gasteiger partial charge in [0.1, 0.15) is 0 Å². The maximum atomic E-state index is 6.50. The maximum absolute atomic E-state index is 6.50. The first kappa shape index (κ1) is 30.2. The van der Waals surface area contributed by atoms with E-state index in [9.17, 15) is 0 Å². The zero-order valence-electron chi connectivity index (χ0n) is 26.5. The molecular formula is C45H30ClN3. The molecule has 0 aliphatic rings. The molecule has 0 fully saturated rings. The van der Waals surface area contributed by atoms with Crippen LogP contribution in [0, 0.1) is 0 Å². The Morgan fingerprint density at radius 2 is 0.653 bits per heavy atom. The first-order valence-electron chi connectivity index (χ1n) is 16.2. The minimum absolute atomic E-state index is 0.157. The molecule has 4 heteroatoms. The monoisotopic (exact) mass is 647 g/mol. The summed E-state index contributed by atoms with van der Waals surface area (Å²) in [5.74, 6) is 1.06. The molecule has 0 saturated carbocycles. The second-order valence-electron chi connectivity index (χ2n) is 11.8. The lowest BCUT2D eigenvalue weighted by Gasteiger charge is -2.24. The highest BCUT2D eigenvalue weighted by atomic mass is 35.5. The van der Waals surface area contributed by atoms with Crippen molar-refractivity contribution in [2.75, 3.05) is 0 Å². The second-order valence-corrected chi connectivity index (χ2v) is 12.1. The molecule has 0 aliphatic heterocycles. The zero-order chi connectivity index (χ0) is 33.0. The third-order valence-electron chi connectivity index (χ3n) is 8.67. The largest absolute Gasteiger partial charge is 0.226 e. The van der Waals surface area contributed by atoms with Crippen LogP contribution in [0.2, 0.25) is 5.28 Å². The lowest BCUT2D eigenvalue weighted by atomic mass is 9.79. The van der Waals surface area contributed by atoms with Crippen LogP contribution in [0.3, 0.4) is 0 Å². The molecule has 49 heavy (non-hydrogen) atoms. The van der Waals surface area contributed by atoms with Crippen molar-refractivity contribution >= 4 is 11.6 Å². The van der Waals surface area contributed by atoms with E-state index in [0.717, 1.165) is 55.6 Å². The summed E-state index contributed by atoms with van der Waals surface area (Å²) in [6.07, 6.45) is 0. The highest BCUT2D eigenvalue weighted by molar-refractivity contribution is 6.28. The molecule has 3 nitrogen and oxygen atoms in total.